The maximum Gasteiger partial charge on any atom is 0.330 e. The standard InChI is InChI=1S/C15H22O6/c16-14-6-4-2-1-3-5-7-15(17)21-13-11-19-9-8-18-10-12-20-14/h4-7H,1-3,8-13H2/b6-4+,7-5+. The van der Waals surface area contributed by atoms with Gasteiger partial charge in [-0.25, -0.2) is 9.59 Å². The van der Waals surface area contributed by atoms with Crippen molar-refractivity contribution in [2.45, 2.75) is 19.3 Å². The molecule has 0 aromatic rings. The Morgan fingerprint density at radius 2 is 1.10 bits per heavy atom. The van der Waals surface area contributed by atoms with Crippen molar-refractivity contribution in [2.24, 2.45) is 0 Å². The molecule has 0 unspecified atom stereocenters. The van der Waals surface area contributed by atoms with Crippen LogP contribution >= 0.6 is 0 Å². The molecule has 0 fully saturated rings. The van der Waals surface area contributed by atoms with Crippen LogP contribution in [0.5, 0.6) is 0 Å². The van der Waals surface area contributed by atoms with Gasteiger partial charge in [0, 0.05) is 12.2 Å². The predicted octanol–water partition coefficient (Wildman–Crippen LogP) is 1.40. The molecule has 6 nitrogen and oxygen atoms in total. The molecule has 1 aliphatic rings. The third kappa shape index (κ3) is 10.8. The van der Waals surface area contributed by atoms with E-state index in [2.05, 4.69) is 0 Å². The molecule has 0 saturated heterocycles. The highest BCUT2D eigenvalue weighted by atomic mass is 16.6. The highest BCUT2D eigenvalue weighted by Gasteiger charge is 1.99. The topological polar surface area (TPSA) is 71.1 Å². The average Bonchev–Trinajstić information content (AvgIpc) is 2.47. The van der Waals surface area contributed by atoms with Crippen LogP contribution in [0.3, 0.4) is 0 Å². The largest absolute Gasteiger partial charge is 0.460 e. The third-order valence-corrected chi connectivity index (χ3v) is 2.57. The van der Waals surface area contributed by atoms with Crippen LogP contribution in [0.25, 0.3) is 0 Å². The van der Waals surface area contributed by atoms with Gasteiger partial charge in [0.15, 0.2) is 0 Å². The van der Waals surface area contributed by atoms with E-state index in [9.17, 15) is 9.59 Å². The molecule has 6 heteroatoms. The van der Waals surface area contributed by atoms with E-state index in [1.54, 1.807) is 12.2 Å². The zero-order valence-electron chi connectivity index (χ0n) is 12.1. The van der Waals surface area contributed by atoms with Gasteiger partial charge in [0.2, 0.25) is 0 Å². The van der Waals surface area contributed by atoms with Crippen molar-refractivity contribution in [1.82, 2.24) is 0 Å². The number of hydrogen-bond acceptors (Lipinski definition) is 6. The number of hydrogen-bond donors (Lipinski definition) is 0. The molecule has 0 aliphatic carbocycles. The van der Waals surface area contributed by atoms with Crippen molar-refractivity contribution >= 4 is 11.9 Å². The number of cyclic esters (lactones) is 2. The molecule has 1 rings (SSSR count). The van der Waals surface area contributed by atoms with Crippen LogP contribution in [-0.2, 0) is 28.5 Å². The Kier molecular flexibility index (Phi) is 10.0. The fraction of sp³-hybridized carbons (Fsp3) is 0.600. The molecule has 0 N–H and O–H groups in total. The first-order valence-electron chi connectivity index (χ1n) is 7.11. The first-order valence-corrected chi connectivity index (χ1v) is 7.11. The molecule has 0 radical (unpaired) electrons. The minimum atomic E-state index is -0.369. The Balaban J connectivity index is 2.32. The van der Waals surface area contributed by atoms with Gasteiger partial charge in [0.25, 0.3) is 0 Å². The molecule has 0 bridgehead atoms. The Labute approximate surface area is 124 Å². The van der Waals surface area contributed by atoms with Crippen molar-refractivity contribution in [3.8, 4) is 0 Å². The quantitative estimate of drug-likeness (QED) is 0.630. The second kappa shape index (κ2) is 12.1. The maximum atomic E-state index is 11.3. The minimum absolute atomic E-state index is 0.226. The molecule has 118 valence electrons. The van der Waals surface area contributed by atoms with Crippen molar-refractivity contribution in [2.75, 3.05) is 39.6 Å². The third-order valence-electron chi connectivity index (χ3n) is 2.57. The lowest BCUT2D eigenvalue weighted by molar-refractivity contribution is -0.141. The number of esters is 2. The molecule has 21 heavy (non-hydrogen) atoms. The number of rotatable bonds is 0. The summed E-state index contributed by atoms with van der Waals surface area (Å²) in [6.07, 6.45) is 8.69. The van der Waals surface area contributed by atoms with Crippen molar-refractivity contribution in [3.05, 3.63) is 24.3 Å². The maximum absolute atomic E-state index is 11.3. The van der Waals surface area contributed by atoms with Crippen LogP contribution < -0.4 is 0 Å². The summed E-state index contributed by atoms with van der Waals surface area (Å²) in [4.78, 5) is 22.6. The van der Waals surface area contributed by atoms with Crippen molar-refractivity contribution in [3.63, 3.8) is 0 Å². The second-order valence-corrected chi connectivity index (χ2v) is 4.30. The van der Waals surface area contributed by atoms with E-state index in [0.29, 0.717) is 26.4 Å². The summed E-state index contributed by atoms with van der Waals surface area (Å²) in [7, 11) is 0. The molecule has 0 spiro atoms. The highest BCUT2D eigenvalue weighted by molar-refractivity contribution is 5.82. The lowest BCUT2D eigenvalue weighted by Gasteiger charge is -2.06. The highest BCUT2D eigenvalue weighted by Crippen LogP contribution is 1.99. The summed E-state index contributed by atoms with van der Waals surface area (Å²) >= 11 is 0. The molecule has 1 heterocycles. The van der Waals surface area contributed by atoms with Crippen molar-refractivity contribution < 1.29 is 28.5 Å². The van der Waals surface area contributed by atoms with Gasteiger partial charge in [-0.15, -0.1) is 0 Å². The molecule has 0 amide bonds. The summed E-state index contributed by atoms with van der Waals surface area (Å²) in [5.74, 6) is -0.737. The van der Waals surface area contributed by atoms with E-state index in [0.717, 1.165) is 19.3 Å². The lowest BCUT2D eigenvalue weighted by atomic mass is 10.2. The van der Waals surface area contributed by atoms with Crippen LogP contribution in [0, 0.1) is 0 Å². The zero-order chi connectivity index (χ0) is 15.2. The molecule has 0 aromatic carbocycles. The fourth-order valence-electron chi connectivity index (χ4n) is 1.53. The minimum Gasteiger partial charge on any atom is -0.460 e. The Bertz CT molecular complexity index is 327. The molecule has 0 atom stereocenters. The van der Waals surface area contributed by atoms with Crippen LogP contribution in [-0.4, -0.2) is 51.6 Å². The van der Waals surface area contributed by atoms with Crippen LogP contribution in [0.4, 0.5) is 0 Å². The van der Waals surface area contributed by atoms with Gasteiger partial charge in [-0.2, -0.15) is 0 Å². The number of ether oxygens (including phenoxy) is 4. The normalized spacial score (nSPS) is 23.8. The Morgan fingerprint density at radius 3 is 1.57 bits per heavy atom. The van der Waals surface area contributed by atoms with Crippen LogP contribution in [0.2, 0.25) is 0 Å². The second-order valence-electron chi connectivity index (χ2n) is 4.30. The first-order chi connectivity index (χ1) is 10.3. The van der Waals surface area contributed by atoms with Crippen LogP contribution in [0.15, 0.2) is 24.3 Å². The monoisotopic (exact) mass is 298 g/mol. The number of carbonyl (C=O) groups excluding carboxylic acids is 2. The lowest BCUT2D eigenvalue weighted by Crippen LogP contribution is -2.14. The van der Waals surface area contributed by atoms with E-state index in [1.807, 2.05) is 0 Å². The van der Waals surface area contributed by atoms with Gasteiger partial charge in [-0.1, -0.05) is 12.2 Å². The molecule has 0 aromatic heterocycles. The van der Waals surface area contributed by atoms with E-state index >= 15 is 0 Å². The Morgan fingerprint density at radius 1 is 0.667 bits per heavy atom. The van der Waals surface area contributed by atoms with Crippen molar-refractivity contribution in [1.29, 1.82) is 0 Å². The van der Waals surface area contributed by atoms with Gasteiger partial charge < -0.3 is 18.9 Å². The van der Waals surface area contributed by atoms with E-state index < -0.39 is 0 Å². The van der Waals surface area contributed by atoms with Gasteiger partial charge >= 0.3 is 11.9 Å². The van der Waals surface area contributed by atoms with Crippen LogP contribution in [0.1, 0.15) is 19.3 Å². The van der Waals surface area contributed by atoms with E-state index in [4.69, 9.17) is 18.9 Å². The summed E-state index contributed by atoms with van der Waals surface area (Å²) in [6.45, 7) is 1.93. The summed E-state index contributed by atoms with van der Waals surface area (Å²) in [6, 6.07) is 0. The van der Waals surface area contributed by atoms with E-state index in [-0.39, 0.29) is 25.2 Å². The van der Waals surface area contributed by atoms with Gasteiger partial charge in [0.1, 0.15) is 13.2 Å². The first kappa shape index (κ1) is 17.4. The summed E-state index contributed by atoms with van der Waals surface area (Å²) < 4.78 is 20.3. The van der Waals surface area contributed by atoms with Gasteiger partial charge in [0.05, 0.1) is 26.4 Å². The fourth-order valence-corrected chi connectivity index (χ4v) is 1.53. The molecular weight excluding hydrogens is 276 g/mol. The molecule has 1 aliphatic heterocycles. The molecule has 0 saturated carbocycles. The average molecular weight is 298 g/mol. The van der Waals surface area contributed by atoms with Gasteiger partial charge in [-0.3, -0.25) is 0 Å². The zero-order valence-corrected chi connectivity index (χ0v) is 12.1. The summed E-state index contributed by atoms with van der Waals surface area (Å²) in [5.41, 5.74) is 0. The SMILES string of the molecule is O=C1/C=C/CCC/C=C/C(=O)OCCOCCOCCO1. The Hall–Kier alpha value is -1.66. The predicted molar refractivity (Wildman–Crippen MR) is 75.7 cm³/mol. The number of allylic oxidation sites excluding steroid dienone is 2. The summed E-state index contributed by atoms with van der Waals surface area (Å²) in [5, 5.41) is 0. The van der Waals surface area contributed by atoms with E-state index in [1.165, 1.54) is 12.2 Å². The number of carbonyl (C=O) groups is 2. The van der Waals surface area contributed by atoms with Gasteiger partial charge in [-0.05, 0) is 19.3 Å². The molecular formula is C15H22O6. The smallest absolute Gasteiger partial charge is 0.330 e.